The molecule has 1 aliphatic heterocycles. The number of hydrogen-bond donors (Lipinski definition) is 1. The van der Waals surface area contributed by atoms with Gasteiger partial charge in [0.1, 0.15) is 0 Å². The summed E-state index contributed by atoms with van der Waals surface area (Å²) in [5.41, 5.74) is 0. The lowest BCUT2D eigenvalue weighted by molar-refractivity contribution is -0.162. The van der Waals surface area contributed by atoms with Crippen LogP contribution >= 0.6 is 0 Å². The average molecular weight is 282 g/mol. The van der Waals surface area contributed by atoms with E-state index in [1.165, 1.54) is 38.5 Å². The summed E-state index contributed by atoms with van der Waals surface area (Å²) in [6.07, 6.45) is 18.7. The highest BCUT2D eigenvalue weighted by molar-refractivity contribution is 5.02. The Balaban J connectivity index is 1.78. The van der Waals surface area contributed by atoms with Crippen LogP contribution in [0.15, 0.2) is 24.3 Å². The molecule has 1 rings (SSSR count). The first-order chi connectivity index (χ1) is 9.93. The Morgan fingerprint density at radius 1 is 1.00 bits per heavy atom. The van der Waals surface area contributed by atoms with Crippen molar-refractivity contribution >= 4 is 0 Å². The molecule has 1 N–H and O–H groups in total. The van der Waals surface area contributed by atoms with Crippen LogP contribution in [-0.2, 0) is 9.47 Å². The fourth-order valence-corrected chi connectivity index (χ4v) is 2.27. The molecular formula is C17H30O3. The summed E-state index contributed by atoms with van der Waals surface area (Å²) in [5.74, 6) is 0. The Morgan fingerprint density at radius 2 is 1.80 bits per heavy atom. The molecule has 3 heteroatoms. The van der Waals surface area contributed by atoms with Gasteiger partial charge in [-0.2, -0.15) is 0 Å². The van der Waals surface area contributed by atoms with Crippen molar-refractivity contribution in [1.29, 1.82) is 0 Å². The van der Waals surface area contributed by atoms with Crippen LogP contribution in [0.5, 0.6) is 0 Å². The van der Waals surface area contributed by atoms with Crippen LogP contribution < -0.4 is 0 Å². The molecule has 0 aromatic rings. The molecule has 1 saturated heterocycles. The molecule has 0 bridgehead atoms. The lowest BCUT2D eigenvalue weighted by Gasteiger charge is -2.22. The van der Waals surface area contributed by atoms with Gasteiger partial charge in [0.2, 0.25) is 0 Å². The zero-order chi connectivity index (χ0) is 14.3. The van der Waals surface area contributed by atoms with Crippen molar-refractivity contribution in [3.63, 3.8) is 0 Å². The van der Waals surface area contributed by atoms with E-state index in [1.807, 2.05) is 12.2 Å². The molecule has 0 radical (unpaired) electrons. The maximum absolute atomic E-state index is 8.55. The molecule has 3 nitrogen and oxygen atoms in total. The first kappa shape index (κ1) is 17.4. The van der Waals surface area contributed by atoms with Crippen LogP contribution in [0.4, 0.5) is 0 Å². The summed E-state index contributed by atoms with van der Waals surface area (Å²) in [5, 5.41) is 8.55. The number of allylic oxidation sites excluding steroid dienone is 3. The van der Waals surface area contributed by atoms with Crippen molar-refractivity contribution < 1.29 is 14.6 Å². The predicted molar refractivity (Wildman–Crippen MR) is 82.6 cm³/mol. The maximum atomic E-state index is 8.55. The smallest absolute Gasteiger partial charge is 0.157 e. The molecule has 1 heterocycles. The summed E-state index contributed by atoms with van der Waals surface area (Å²) >= 11 is 0. The molecule has 1 aliphatic rings. The molecule has 0 amide bonds. The van der Waals surface area contributed by atoms with Crippen LogP contribution in [0, 0.1) is 0 Å². The van der Waals surface area contributed by atoms with E-state index in [1.54, 1.807) is 6.08 Å². The minimum Gasteiger partial charge on any atom is -0.392 e. The van der Waals surface area contributed by atoms with Crippen LogP contribution in [0.3, 0.4) is 0 Å². The van der Waals surface area contributed by atoms with Crippen molar-refractivity contribution in [2.24, 2.45) is 0 Å². The van der Waals surface area contributed by atoms with Crippen LogP contribution in [0.2, 0.25) is 0 Å². The highest BCUT2D eigenvalue weighted by atomic mass is 16.7. The number of rotatable bonds is 11. The van der Waals surface area contributed by atoms with E-state index >= 15 is 0 Å². The number of aliphatic hydroxyl groups excluding tert-OH is 1. The van der Waals surface area contributed by atoms with E-state index in [-0.39, 0.29) is 12.9 Å². The van der Waals surface area contributed by atoms with Gasteiger partial charge in [0, 0.05) is 13.2 Å². The third kappa shape index (κ3) is 10.2. The summed E-state index contributed by atoms with van der Waals surface area (Å²) in [7, 11) is 0. The second-order valence-electron chi connectivity index (χ2n) is 5.26. The van der Waals surface area contributed by atoms with Gasteiger partial charge >= 0.3 is 0 Å². The lowest BCUT2D eigenvalue weighted by atomic mass is 10.1. The Labute approximate surface area is 123 Å². The Kier molecular flexibility index (Phi) is 11.6. The highest BCUT2D eigenvalue weighted by Gasteiger charge is 2.13. The van der Waals surface area contributed by atoms with Crippen molar-refractivity contribution in [2.75, 3.05) is 19.8 Å². The van der Waals surface area contributed by atoms with E-state index in [0.29, 0.717) is 0 Å². The summed E-state index contributed by atoms with van der Waals surface area (Å²) < 4.78 is 11.2. The second kappa shape index (κ2) is 13.3. The number of ether oxygens (including phenoxy) is 2. The van der Waals surface area contributed by atoms with Gasteiger partial charge in [0.05, 0.1) is 6.61 Å². The van der Waals surface area contributed by atoms with Crippen LogP contribution in [0.25, 0.3) is 0 Å². The predicted octanol–water partition coefficient (Wildman–Crippen LogP) is 3.97. The monoisotopic (exact) mass is 282 g/mol. The largest absolute Gasteiger partial charge is 0.392 e. The minimum atomic E-state index is 0.0702. The zero-order valence-corrected chi connectivity index (χ0v) is 12.6. The fourth-order valence-electron chi connectivity index (χ4n) is 2.27. The van der Waals surface area contributed by atoms with E-state index < -0.39 is 0 Å². The SMILES string of the molecule is OCC=CC=CCCCCCCCOC1CCCCO1. The molecule has 1 unspecified atom stereocenters. The Morgan fingerprint density at radius 3 is 2.60 bits per heavy atom. The van der Waals surface area contributed by atoms with Gasteiger partial charge in [0.25, 0.3) is 0 Å². The topological polar surface area (TPSA) is 38.7 Å². The van der Waals surface area contributed by atoms with E-state index in [9.17, 15) is 0 Å². The van der Waals surface area contributed by atoms with Crippen LogP contribution in [0.1, 0.15) is 57.8 Å². The molecule has 116 valence electrons. The third-order valence-electron chi connectivity index (χ3n) is 3.45. The van der Waals surface area contributed by atoms with Gasteiger partial charge in [-0.15, -0.1) is 0 Å². The molecule has 1 fully saturated rings. The molecule has 1 atom stereocenters. The summed E-state index contributed by atoms with van der Waals surface area (Å²) in [6, 6.07) is 0. The first-order valence-electron chi connectivity index (χ1n) is 8.09. The lowest BCUT2D eigenvalue weighted by Crippen LogP contribution is -2.22. The van der Waals surface area contributed by atoms with Gasteiger partial charge in [-0.1, -0.05) is 43.6 Å². The second-order valence-corrected chi connectivity index (χ2v) is 5.26. The van der Waals surface area contributed by atoms with Crippen molar-refractivity contribution in [2.45, 2.75) is 64.1 Å². The van der Waals surface area contributed by atoms with Crippen molar-refractivity contribution in [3.8, 4) is 0 Å². The highest BCUT2D eigenvalue weighted by Crippen LogP contribution is 2.14. The van der Waals surface area contributed by atoms with E-state index in [4.69, 9.17) is 14.6 Å². The van der Waals surface area contributed by atoms with Gasteiger partial charge in [-0.05, 0) is 38.5 Å². The van der Waals surface area contributed by atoms with Crippen LogP contribution in [-0.4, -0.2) is 31.2 Å². The number of unbranched alkanes of at least 4 members (excludes halogenated alkanes) is 5. The van der Waals surface area contributed by atoms with Gasteiger partial charge < -0.3 is 14.6 Å². The zero-order valence-electron chi connectivity index (χ0n) is 12.6. The molecule has 0 spiro atoms. The molecule has 0 aromatic carbocycles. The van der Waals surface area contributed by atoms with Gasteiger partial charge in [-0.3, -0.25) is 0 Å². The number of hydrogen-bond acceptors (Lipinski definition) is 3. The normalized spacial score (nSPS) is 20.1. The fraction of sp³-hybridized carbons (Fsp3) is 0.765. The van der Waals surface area contributed by atoms with Crippen molar-refractivity contribution in [3.05, 3.63) is 24.3 Å². The minimum absolute atomic E-state index is 0.0702. The van der Waals surface area contributed by atoms with E-state index in [0.717, 1.165) is 32.5 Å². The summed E-state index contributed by atoms with van der Waals surface area (Å²) in [6.45, 7) is 1.83. The third-order valence-corrected chi connectivity index (χ3v) is 3.45. The quantitative estimate of drug-likeness (QED) is 0.460. The maximum Gasteiger partial charge on any atom is 0.157 e. The molecular weight excluding hydrogens is 252 g/mol. The molecule has 0 aliphatic carbocycles. The molecule has 20 heavy (non-hydrogen) atoms. The van der Waals surface area contributed by atoms with Gasteiger partial charge in [0.15, 0.2) is 6.29 Å². The first-order valence-corrected chi connectivity index (χ1v) is 8.09. The summed E-state index contributed by atoms with van der Waals surface area (Å²) in [4.78, 5) is 0. The molecule has 0 aromatic heterocycles. The average Bonchev–Trinajstić information content (AvgIpc) is 2.49. The van der Waals surface area contributed by atoms with Gasteiger partial charge in [-0.25, -0.2) is 0 Å². The molecule has 0 saturated carbocycles. The Bertz CT molecular complexity index is 255. The van der Waals surface area contributed by atoms with E-state index in [2.05, 4.69) is 6.08 Å². The standard InChI is InChI=1S/C17H30O3/c18-14-10-7-5-3-1-2-4-6-8-11-15-19-17-13-9-12-16-20-17/h3,5,7,10,17-18H,1-2,4,6,8-9,11-16H2. The Hall–Kier alpha value is -0.640. The van der Waals surface area contributed by atoms with Crippen molar-refractivity contribution in [1.82, 2.24) is 0 Å². The number of aliphatic hydroxyl groups is 1.